The van der Waals surface area contributed by atoms with E-state index in [1.807, 2.05) is 48.7 Å². The summed E-state index contributed by atoms with van der Waals surface area (Å²) in [5.74, 6) is -0.510. The van der Waals surface area contributed by atoms with Crippen LogP contribution >= 0.6 is 11.6 Å². The molecule has 2 heterocycles. The van der Waals surface area contributed by atoms with E-state index < -0.39 is 5.91 Å². The summed E-state index contributed by atoms with van der Waals surface area (Å²) in [5, 5.41) is 7.97. The van der Waals surface area contributed by atoms with Gasteiger partial charge in [-0.05, 0) is 36.4 Å². The van der Waals surface area contributed by atoms with E-state index in [9.17, 15) is 9.59 Å². The molecule has 2 amide bonds. The molecule has 0 bridgehead atoms. The SMILES string of the molecule is CN(Cc1cn(-c2ccccc2)nc1-c1ccc(Cl)cc1)C(=O)CNC(=O)c1ccco1. The van der Waals surface area contributed by atoms with E-state index in [1.54, 1.807) is 40.9 Å². The van der Waals surface area contributed by atoms with Gasteiger partial charge in [-0.15, -0.1) is 0 Å². The molecule has 0 saturated heterocycles. The van der Waals surface area contributed by atoms with Crippen LogP contribution < -0.4 is 5.32 Å². The number of carbonyl (C=O) groups is 2. The fourth-order valence-corrected chi connectivity index (χ4v) is 3.34. The molecule has 0 aliphatic carbocycles. The number of hydrogen-bond donors (Lipinski definition) is 1. The number of benzene rings is 2. The molecule has 0 fully saturated rings. The molecule has 4 aromatic rings. The molecule has 2 aromatic carbocycles. The van der Waals surface area contributed by atoms with Crippen LogP contribution in [0.5, 0.6) is 0 Å². The lowest BCUT2D eigenvalue weighted by atomic mass is 10.1. The Balaban J connectivity index is 1.53. The predicted octanol–water partition coefficient (Wildman–Crippen LogP) is 4.17. The van der Waals surface area contributed by atoms with Crippen LogP contribution in [-0.2, 0) is 11.3 Å². The zero-order valence-electron chi connectivity index (χ0n) is 17.4. The number of rotatable bonds is 7. The first-order valence-electron chi connectivity index (χ1n) is 9.97. The van der Waals surface area contributed by atoms with Crippen LogP contribution in [0.1, 0.15) is 16.1 Å². The van der Waals surface area contributed by atoms with E-state index in [-0.39, 0.29) is 18.2 Å². The number of carbonyl (C=O) groups excluding carboxylic acids is 2. The maximum absolute atomic E-state index is 12.6. The second-order valence-corrected chi connectivity index (χ2v) is 7.64. The molecule has 0 spiro atoms. The third-order valence-electron chi connectivity index (χ3n) is 4.91. The van der Waals surface area contributed by atoms with Gasteiger partial charge in [-0.25, -0.2) is 4.68 Å². The summed E-state index contributed by atoms with van der Waals surface area (Å²) in [5.41, 5.74) is 3.42. The average Bonchev–Trinajstić information content (AvgIpc) is 3.49. The van der Waals surface area contributed by atoms with Crippen molar-refractivity contribution in [3.63, 3.8) is 0 Å². The van der Waals surface area contributed by atoms with Crippen molar-refractivity contribution in [2.45, 2.75) is 6.54 Å². The highest BCUT2D eigenvalue weighted by Crippen LogP contribution is 2.26. The fraction of sp³-hybridized carbons (Fsp3) is 0.125. The summed E-state index contributed by atoms with van der Waals surface area (Å²) in [4.78, 5) is 26.2. The minimum absolute atomic E-state index is 0.140. The first-order valence-corrected chi connectivity index (χ1v) is 10.3. The molecule has 1 N–H and O–H groups in total. The van der Waals surface area contributed by atoms with E-state index in [2.05, 4.69) is 5.32 Å². The molecule has 2 aromatic heterocycles. The summed E-state index contributed by atoms with van der Waals surface area (Å²) in [6.45, 7) is 0.180. The number of nitrogens with zero attached hydrogens (tertiary/aromatic N) is 3. The van der Waals surface area contributed by atoms with Crippen LogP contribution in [-0.4, -0.2) is 40.1 Å². The summed E-state index contributed by atoms with van der Waals surface area (Å²) in [6.07, 6.45) is 3.32. The number of likely N-dealkylation sites (N-methyl/N-ethyl adjacent to an activating group) is 1. The van der Waals surface area contributed by atoms with Gasteiger partial charge in [0.2, 0.25) is 5.91 Å². The van der Waals surface area contributed by atoms with Crippen molar-refractivity contribution in [2.24, 2.45) is 0 Å². The predicted molar refractivity (Wildman–Crippen MR) is 122 cm³/mol. The molecule has 162 valence electrons. The largest absolute Gasteiger partial charge is 0.459 e. The number of amides is 2. The number of para-hydroxylation sites is 1. The zero-order chi connectivity index (χ0) is 22.5. The van der Waals surface area contributed by atoms with Gasteiger partial charge in [-0.3, -0.25) is 9.59 Å². The van der Waals surface area contributed by atoms with E-state index in [4.69, 9.17) is 21.1 Å². The van der Waals surface area contributed by atoms with Crippen molar-refractivity contribution < 1.29 is 14.0 Å². The molecule has 7 nitrogen and oxygen atoms in total. The highest BCUT2D eigenvalue weighted by Gasteiger charge is 2.18. The lowest BCUT2D eigenvalue weighted by Crippen LogP contribution is -2.37. The second-order valence-electron chi connectivity index (χ2n) is 7.20. The van der Waals surface area contributed by atoms with Crippen LogP contribution in [0.4, 0.5) is 0 Å². The smallest absolute Gasteiger partial charge is 0.287 e. The van der Waals surface area contributed by atoms with E-state index in [1.165, 1.54) is 6.26 Å². The van der Waals surface area contributed by atoms with Gasteiger partial charge in [-0.1, -0.05) is 41.9 Å². The van der Waals surface area contributed by atoms with E-state index in [0.717, 1.165) is 22.5 Å². The quantitative estimate of drug-likeness (QED) is 0.460. The molecule has 32 heavy (non-hydrogen) atoms. The van der Waals surface area contributed by atoms with Crippen molar-refractivity contribution in [1.29, 1.82) is 0 Å². The Kier molecular flexibility index (Phi) is 6.37. The van der Waals surface area contributed by atoms with Gasteiger partial charge < -0.3 is 14.6 Å². The van der Waals surface area contributed by atoms with E-state index >= 15 is 0 Å². The lowest BCUT2D eigenvalue weighted by molar-refractivity contribution is -0.129. The maximum Gasteiger partial charge on any atom is 0.287 e. The molecule has 8 heteroatoms. The van der Waals surface area contributed by atoms with Gasteiger partial charge >= 0.3 is 0 Å². The standard InChI is InChI=1S/C24H21ClN4O3/c1-28(22(30)14-26-24(31)21-8-5-13-32-21)15-18-16-29(20-6-3-2-4-7-20)27-23(18)17-9-11-19(25)12-10-17/h2-13,16H,14-15H2,1H3,(H,26,31). The second kappa shape index (κ2) is 9.53. The fourth-order valence-electron chi connectivity index (χ4n) is 3.22. The number of nitrogens with one attached hydrogen (secondary N) is 1. The monoisotopic (exact) mass is 448 g/mol. The number of furan rings is 1. The molecular weight excluding hydrogens is 428 g/mol. The minimum atomic E-state index is -0.435. The lowest BCUT2D eigenvalue weighted by Gasteiger charge is -2.17. The van der Waals surface area contributed by atoms with Crippen molar-refractivity contribution >= 4 is 23.4 Å². The summed E-state index contributed by atoms with van der Waals surface area (Å²) in [6, 6.07) is 20.3. The van der Waals surface area contributed by atoms with Gasteiger partial charge in [0.25, 0.3) is 5.91 Å². The minimum Gasteiger partial charge on any atom is -0.459 e. The van der Waals surface area contributed by atoms with Crippen LogP contribution in [0.3, 0.4) is 0 Å². The zero-order valence-corrected chi connectivity index (χ0v) is 18.1. The molecule has 0 unspecified atom stereocenters. The number of hydrogen-bond acceptors (Lipinski definition) is 4. The van der Waals surface area contributed by atoms with Gasteiger partial charge in [0.15, 0.2) is 5.76 Å². The molecule has 0 atom stereocenters. The Bertz CT molecular complexity index is 1200. The third kappa shape index (κ3) is 4.90. The summed E-state index contributed by atoms with van der Waals surface area (Å²) >= 11 is 6.04. The Morgan fingerprint density at radius 3 is 2.50 bits per heavy atom. The molecule has 0 radical (unpaired) electrons. The van der Waals surface area contributed by atoms with Gasteiger partial charge in [0.1, 0.15) is 0 Å². The summed E-state index contributed by atoms with van der Waals surface area (Å²) < 4.78 is 6.83. The van der Waals surface area contributed by atoms with Crippen molar-refractivity contribution in [3.8, 4) is 16.9 Å². The summed E-state index contributed by atoms with van der Waals surface area (Å²) in [7, 11) is 1.69. The van der Waals surface area contributed by atoms with Crippen molar-refractivity contribution in [1.82, 2.24) is 20.0 Å². The van der Waals surface area contributed by atoms with Crippen molar-refractivity contribution in [3.05, 3.63) is 95.5 Å². The van der Waals surface area contributed by atoms with Crippen LogP contribution in [0.2, 0.25) is 5.02 Å². The van der Waals surface area contributed by atoms with Gasteiger partial charge in [0, 0.05) is 35.9 Å². The van der Waals surface area contributed by atoms with Gasteiger partial charge in [-0.2, -0.15) is 5.10 Å². The number of halogens is 1. The Hall–Kier alpha value is -3.84. The Labute approximate surface area is 190 Å². The number of aromatic nitrogens is 2. The topological polar surface area (TPSA) is 80.4 Å². The maximum atomic E-state index is 12.6. The first-order chi connectivity index (χ1) is 15.5. The molecule has 0 saturated carbocycles. The highest BCUT2D eigenvalue weighted by atomic mass is 35.5. The molecule has 4 rings (SSSR count). The van der Waals surface area contributed by atoms with Crippen LogP contribution in [0, 0.1) is 0 Å². The van der Waals surface area contributed by atoms with Crippen LogP contribution in [0.25, 0.3) is 16.9 Å². The van der Waals surface area contributed by atoms with Crippen molar-refractivity contribution in [2.75, 3.05) is 13.6 Å². The van der Waals surface area contributed by atoms with Crippen LogP contribution in [0.15, 0.2) is 83.6 Å². The molecular formula is C24H21ClN4O3. The van der Waals surface area contributed by atoms with Gasteiger partial charge in [0.05, 0.1) is 24.2 Å². The Morgan fingerprint density at radius 1 is 1.06 bits per heavy atom. The Morgan fingerprint density at radius 2 is 1.81 bits per heavy atom. The average molecular weight is 449 g/mol. The molecule has 0 aliphatic rings. The van der Waals surface area contributed by atoms with E-state index in [0.29, 0.717) is 11.6 Å². The first kappa shape index (κ1) is 21.4. The normalized spacial score (nSPS) is 10.7. The molecule has 0 aliphatic heterocycles. The highest BCUT2D eigenvalue weighted by molar-refractivity contribution is 6.30. The third-order valence-corrected chi connectivity index (χ3v) is 5.16.